The Balaban J connectivity index is 3.11. The molecule has 0 spiro atoms. The molecule has 1 aromatic rings. The summed E-state index contributed by atoms with van der Waals surface area (Å²) in [6.45, 7) is -0.0312. The molecule has 0 unspecified atom stereocenters. The molecule has 0 saturated heterocycles. The third kappa shape index (κ3) is 2.61. The molecule has 1 nitrogen and oxygen atoms in total. The standard InChI is InChI=1S/C9H7Cl3O/c10-7-4-3-6(2-1-5-13)8(11)9(7)12/h1-4,13H,5H2/b2-1+. The lowest BCUT2D eigenvalue weighted by Gasteiger charge is -2.02. The van der Waals surface area contributed by atoms with Crippen molar-refractivity contribution < 1.29 is 5.11 Å². The summed E-state index contributed by atoms with van der Waals surface area (Å²) >= 11 is 17.4. The van der Waals surface area contributed by atoms with E-state index in [2.05, 4.69) is 0 Å². The molecule has 0 aliphatic carbocycles. The van der Waals surface area contributed by atoms with Gasteiger partial charge in [0.2, 0.25) is 0 Å². The third-order valence-corrected chi connectivity index (χ3v) is 2.78. The molecule has 0 bridgehead atoms. The predicted molar refractivity (Wildman–Crippen MR) is 57.6 cm³/mol. The molecule has 0 atom stereocenters. The molecule has 0 fully saturated rings. The normalized spacial score (nSPS) is 11.1. The summed E-state index contributed by atoms with van der Waals surface area (Å²) in [5, 5.41) is 9.72. The van der Waals surface area contributed by atoms with E-state index in [0.29, 0.717) is 15.1 Å². The average Bonchev–Trinajstić information content (AvgIpc) is 2.13. The summed E-state index contributed by atoms with van der Waals surface area (Å²) in [7, 11) is 0. The SMILES string of the molecule is OC/C=C/c1ccc(Cl)c(Cl)c1Cl. The van der Waals surface area contributed by atoms with Crippen LogP contribution < -0.4 is 0 Å². The summed E-state index contributed by atoms with van der Waals surface area (Å²) in [6.07, 6.45) is 3.26. The molecule has 1 N–H and O–H groups in total. The Bertz CT molecular complexity index is 334. The minimum atomic E-state index is -0.0312. The monoisotopic (exact) mass is 236 g/mol. The van der Waals surface area contributed by atoms with Crippen LogP contribution >= 0.6 is 34.8 Å². The molecule has 0 radical (unpaired) electrons. The van der Waals surface area contributed by atoms with Gasteiger partial charge in [-0.15, -0.1) is 0 Å². The maximum atomic E-state index is 8.55. The van der Waals surface area contributed by atoms with Crippen molar-refractivity contribution in [3.8, 4) is 0 Å². The number of aliphatic hydroxyl groups is 1. The van der Waals surface area contributed by atoms with Gasteiger partial charge in [0.15, 0.2) is 0 Å². The number of benzene rings is 1. The molecule has 0 heterocycles. The smallest absolute Gasteiger partial charge is 0.0784 e. The van der Waals surface area contributed by atoms with E-state index in [-0.39, 0.29) is 6.61 Å². The van der Waals surface area contributed by atoms with E-state index >= 15 is 0 Å². The minimum Gasteiger partial charge on any atom is -0.392 e. The van der Waals surface area contributed by atoms with Crippen molar-refractivity contribution in [1.82, 2.24) is 0 Å². The van der Waals surface area contributed by atoms with E-state index in [1.54, 1.807) is 24.3 Å². The van der Waals surface area contributed by atoms with Crippen molar-refractivity contribution in [2.24, 2.45) is 0 Å². The van der Waals surface area contributed by atoms with E-state index in [0.717, 1.165) is 5.56 Å². The highest BCUT2D eigenvalue weighted by Gasteiger charge is 2.05. The number of halogens is 3. The van der Waals surface area contributed by atoms with Gasteiger partial charge in [0.1, 0.15) is 0 Å². The number of aliphatic hydroxyl groups excluding tert-OH is 1. The maximum absolute atomic E-state index is 8.55. The summed E-state index contributed by atoms with van der Waals surface area (Å²) in [6, 6.07) is 3.40. The van der Waals surface area contributed by atoms with Gasteiger partial charge < -0.3 is 5.11 Å². The highest BCUT2D eigenvalue weighted by molar-refractivity contribution is 6.48. The largest absolute Gasteiger partial charge is 0.392 e. The maximum Gasteiger partial charge on any atom is 0.0784 e. The van der Waals surface area contributed by atoms with E-state index in [1.165, 1.54) is 0 Å². The van der Waals surface area contributed by atoms with Crippen LogP contribution in [-0.4, -0.2) is 11.7 Å². The molecule has 70 valence electrons. The fraction of sp³-hybridized carbons (Fsp3) is 0.111. The molecular weight excluding hydrogens is 230 g/mol. The Kier molecular flexibility index (Phi) is 4.07. The number of hydrogen-bond acceptors (Lipinski definition) is 1. The van der Waals surface area contributed by atoms with Gasteiger partial charge in [-0.2, -0.15) is 0 Å². The Morgan fingerprint density at radius 2 is 1.85 bits per heavy atom. The average molecular weight is 238 g/mol. The molecule has 1 aromatic carbocycles. The molecule has 0 aliphatic heterocycles. The van der Waals surface area contributed by atoms with Gasteiger partial charge in [0.05, 0.1) is 21.7 Å². The number of hydrogen-bond donors (Lipinski definition) is 1. The third-order valence-electron chi connectivity index (χ3n) is 1.47. The van der Waals surface area contributed by atoms with Gasteiger partial charge >= 0.3 is 0 Å². The molecule has 4 heteroatoms. The Hall–Kier alpha value is -0.210. The second-order valence-corrected chi connectivity index (χ2v) is 3.51. The predicted octanol–water partition coefficient (Wildman–Crippen LogP) is 3.65. The number of rotatable bonds is 2. The molecule has 0 saturated carbocycles. The summed E-state index contributed by atoms with van der Waals surface area (Å²) in [5.41, 5.74) is 0.741. The van der Waals surface area contributed by atoms with E-state index < -0.39 is 0 Å². The van der Waals surface area contributed by atoms with Gasteiger partial charge in [0, 0.05) is 0 Å². The first-order valence-electron chi connectivity index (χ1n) is 3.57. The molecular formula is C9H7Cl3O. The fourth-order valence-corrected chi connectivity index (χ4v) is 1.45. The Morgan fingerprint density at radius 3 is 2.46 bits per heavy atom. The quantitative estimate of drug-likeness (QED) is 0.779. The second kappa shape index (κ2) is 4.87. The first kappa shape index (κ1) is 10.9. The van der Waals surface area contributed by atoms with Crippen LogP contribution in [0.3, 0.4) is 0 Å². The van der Waals surface area contributed by atoms with E-state index in [9.17, 15) is 0 Å². The zero-order valence-electron chi connectivity index (χ0n) is 6.60. The van der Waals surface area contributed by atoms with Crippen LogP contribution in [0.2, 0.25) is 15.1 Å². The zero-order valence-corrected chi connectivity index (χ0v) is 8.87. The summed E-state index contributed by atoms with van der Waals surface area (Å²) in [4.78, 5) is 0. The lowest BCUT2D eigenvalue weighted by atomic mass is 10.2. The topological polar surface area (TPSA) is 20.2 Å². The van der Waals surface area contributed by atoms with Gasteiger partial charge in [-0.1, -0.05) is 53.0 Å². The first-order chi connectivity index (χ1) is 6.16. The Labute approximate surface area is 91.5 Å². The fourth-order valence-electron chi connectivity index (χ4n) is 0.849. The van der Waals surface area contributed by atoms with Crippen molar-refractivity contribution in [3.63, 3.8) is 0 Å². The molecule has 1 rings (SSSR count). The minimum absolute atomic E-state index is 0.0312. The summed E-state index contributed by atoms with van der Waals surface area (Å²) in [5.74, 6) is 0. The van der Waals surface area contributed by atoms with Gasteiger partial charge in [-0.3, -0.25) is 0 Å². The second-order valence-electron chi connectivity index (χ2n) is 2.35. The van der Waals surface area contributed by atoms with Crippen LogP contribution in [-0.2, 0) is 0 Å². The van der Waals surface area contributed by atoms with Crippen molar-refractivity contribution in [3.05, 3.63) is 38.8 Å². The Morgan fingerprint density at radius 1 is 1.15 bits per heavy atom. The van der Waals surface area contributed by atoms with Crippen LogP contribution in [0, 0.1) is 0 Å². The van der Waals surface area contributed by atoms with Crippen LogP contribution in [0.15, 0.2) is 18.2 Å². The van der Waals surface area contributed by atoms with E-state index in [4.69, 9.17) is 39.9 Å². The van der Waals surface area contributed by atoms with Crippen LogP contribution in [0.25, 0.3) is 6.08 Å². The molecule has 13 heavy (non-hydrogen) atoms. The van der Waals surface area contributed by atoms with Crippen LogP contribution in [0.4, 0.5) is 0 Å². The molecule has 0 aromatic heterocycles. The van der Waals surface area contributed by atoms with Gasteiger partial charge in [-0.25, -0.2) is 0 Å². The van der Waals surface area contributed by atoms with Gasteiger partial charge in [0.25, 0.3) is 0 Å². The van der Waals surface area contributed by atoms with E-state index in [1.807, 2.05) is 0 Å². The molecule has 0 amide bonds. The van der Waals surface area contributed by atoms with Crippen molar-refractivity contribution in [1.29, 1.82) is 0 Å². The molecule has 0 aliphatic rings. The van der Waals surface area contributed by atoms with Gasteiger partial charge in [-0.05, 0) is 11.6 Å². The lowest BCUT2D eigenvalue weighted by Crippen LogP contribution is -1.79. The van der Waals surface area contributed by atoms with Crippen LogP contribution in [0.1, 0.15) is 5.56 Å². The van der Waals surface area contributed by atoms with Crippen LogP contribution in [0.5, 0.6) is 0 Å². The van der Waals surface area contributed by atoms with Crippen molar-refractivity contribution >= 4 is 40.9 Å². The first-order valence-corrected chi connectivity index (χ1v) is 4.71. The van der Waals surface area contributed by atoms with Crippen molar-refractivity contribution in [2.45, 2.75) is 0 Å². The highest BCUT2D eigenvalue weighted by atomic mass is 35.5. The zero-order chi connectivity index (χ0) is 9.84. The van der Waals surface area contributed by atoms with Crippen molar-refractivity contribution in [2.75, 3.05) is 6.61 Å². The summed E-state index contributed by atoms with van der Waals surface area (Å²) < 4.78 is 0. The highest BCUT2D eigenvalue weighted by Crippen LogP contribution is 2.33. The lowest BCUT2D eigenvalue weighted by molar-refractivity contribution is 0.343.